The van der Waals surface area contributed by atoms with Gasteiger partial charge in [-0.3, -0.25) is 9.69 Å². The van der Waals surface area contributed by atoms with Gasteiger partial charge in [-0.1, -0.05) is 48.5 Å². The molecule has 1 aliphatic rings. The molecule has 0 saturated carbocycles. The average molecular weight is 407 g/mol. The van der Waals surface area contributed by atoms with Gasteiger partial charge in [0.2, 0.25) is 5.91 Å². The van der Waals surface area contributed by atoms with E-state index in [1.165, 1.54) is 5.56 Å². The molecule has 0 aliphatic carbocycles. The minimum absolute atomic E-state index is 0.0627. The van der Waals surface area contributed by atoms with Gasteiger partial charge in [-0.2, -0.15) is 0 Å². The Bertz CT molecular complexity index is 910. The summed E-state index contributed by atoms with van der Waals surface area (Å²) in [6, 6.07) is 22.7. The fourth-order valence-corrected chi connectivity index (χ4v) is 4.83. The van der Waals surface area contributed by atoms with Crippen LogP contribution in [0.5, 0.6) is 5.75 Å². The molecule has 5 heteroatoms. The summed E-state index contributed by atoms with van der Waals surface area (Å²) in [5, 5.41) is 5.32. The highest BCUT2D eigenvalue weighted by atomic mass is 32.1. The maximum Gasteiger partial charge on any atom is 0.234 e. The highest BCUT2D eigenvalue weighted by Crippen LogP contribution is 2.33. The number of nitrogens with zero attached hydrogens (tertiary/aromatic N) is 1. The van der Waals surface area contributed by atoms with E-state index in [4.69, 9.17) is 4.74 Å². The third kappa shape index (κ3) is 4.69. The number of methoxy groups -OCH3 is 1. The third-order valence-corrected chi connectivity index (χ3v) is 6.41. The number of amides is 1. The summed E-state index contributed by atoms with van der Waals surface area (Å²) in [5.41, 5.74) is 2.35. The van der Waals surface area contributed by atoms with Gasteiger partial charge < -0.3 is 10.1 Å². The van der Waals surface area contributed by atoms with Crippen molar-refractivity contribution in [2.75, 3.05) is 20.2 Å². The van der Waals surface area contributed by atoms with Crippen LogP contribution in [0.15, 0.2) is 72.1 Å². The molecule has 1 aliphatic heterocycles. The number of thiophene rings is 1. The van der Waals surface area contributed by atoms with Gasteiger partial charge in [0.05, 0.1) is 19.7 Å². The van der Waals surface area contributed by atoms with Crippen molar-refractivity contribution in [3.8, 4) is 5.75 Å². The smallest absolute Gasteiger partial charge is 0.234 e. The van der Waals surface area contributed by atoms with E-state index in [-0.39, 0.29) is 18.0 Å². The first kappa shape index (κ1) is 19.7. The van der Waals surface area contributed by atoms with Crippen molar-refractivity contribution in [2.45, 2.75) is 24.9 Å². The largest absolute Gasteiger partial charge is 0.497 e. The lowest BCUT2D eigenvalue weighted by atomic mass is 10.0. The molecule has 0 radical (unpaired) electrons. The molecule has 1 N–H and O–H groups in total. The second-order valence-electron chi connectivity index (χ2n) is 7.33. The molecule has 29 heavy (non-hydrogen) atoms. The van der Waals surface area contributed by atoms with Crippen LogP contribution in [0.25, 0.3) is 0 Å². The van der Waals surface area contributed by atoms with E-state index in [1.807, 2.05) is 36.4 Å². The Hall–Kier alpha value is -2.63. The van der Waals surface area contributed by atoms with E-state index < -0.39 is 0 Å². The van der Waals surface area contributed by atoms with Gasteiger partial charge in [0.25, 0.3) is 0 Å². The van der Waals surface area contributed by atoms with Crippen LogP contribution >= 0.6 is 11.3 Å². The third-order valence-electron chi connectivity index (χ3n) is 5.48. The first-order valence-electron chi connectivity index (χ1n) is 10.0. The molecule has 1 fully saturated rings. The van der Waals surface area contributed by atoms with Crippen molar-refractivity contribution < 1.29 is 9.53 Å². The van der Waals surface area contributed by atoms with Crippen LogP contribution in [0.1, 0.15) is 40.9 Å². The average Bonchev–Trinajstić information content (AvgIpc) is 3.45. The number of carbonyl (C=O) groups is 1. The number of hydrogen-bond donors (Lipinski definition) is 1. The zero-order valence-electron chi connectivity index (χ0n) is 16.6. The van der Waals surface area contributed by atoms with Crippen LogP contribution < -0.4 is 10.1 Å². The summed E-state index contributed by atoms with van der Waals surface area (Å²) < 4.78 is 5.27. The van der Waals surface area contributed by atoms with Gasteiger partial charge >= 0.3 is 0 Å². The van der Waals surface area contributed by atoms with Crippen LogP contribution in [0.4, 0.5) is 0 Å². The van der Waals surface area contributed by atoms with Crippen molar-refractivity contribution >= 4 is 17.2 Å². The molecule has 1 saturated heterocycles. The summed E-state index contributed by atoms with van der Waals surface area (Å²) in [6.45, 7) is 1.35. The quantitative estimate of drug-likeness (QED) is 0.613. The number of ether oxygens (including phenoxy) is 1. The summed E-state index contributed by atoms with van der Waals surface area (Å²) in [6.07, 6.45) is 2.18. The van der Waals surface area contributed by atoms with E-state index in [2.05, 4.69) is 45.9 Å². The normalized spacial score (nSPS) is 17.8. The Kier molecular flexibility index (Phi) is 6.27. The fraction of sp³-hybridized carbons (Fsp3) is 0.292. The maximum atomic E-state index is 13.0. The molecule has 1 amide bonds. The molecule has 2 heterocycles. The molecule has 2 aromatic carbocycles. The summed E-state index contributed by atoms with van der Waals surface area (Å²) in [5.74, 6) is 0.922. The van der Waals surface area contributed by atoms with Crippen LogP contribution in [-0.4, -0.2) is 31.0 Å². The molecular weight excluding hydrogens is 380 g/mol. The van der Waals surface area contributed by atoms with Gasteiger partial charge in [0, 0.05) is 10.9 Å². The van der Waals surface area contributed by atoms with Gasteiger partial charge in [-0.25, -0.2) is 0 Å². The fourth-order valence-electron chi connectivity index (χ4n) is 4.03. The van der Waals surface area contributed by atoms with Crippen molar-refractivity contribution in [2.24, 2.45) is 0 Å². The van der Waals surface area contributed by atoms with Gasteiger partial charge in [0.15, 0.2) is 0 Å². The van der Waals surface area contributed by atoms with Gasteiger partial charge in [-0.15, -0.1) is 11.3 Å². The lowest BCUT2D eigenvalue weighted by Crippen LogP contribution is -2.38. The van der Waals surface area contributed by atoms with E-state index in [9.17, 15) is 4.79 Å². The summed E-state index contributed by atoms with van der Waals surface area (Å²) >= 11 is 1.67. The second-order valence-corrected chi connectivity index (χ2v) is 8.31. The monoisotopic (exact) mass is 406 g/mol. The van der Waals surface area contributed by atoms with E-state index in [0.717, 1.165) is 35.6 Å². The second kappa shape index (κ2) is 9.25. The Labute approximate surface area is 176 Å². The molecule has 3 aromatic rings. The summed E-state index contributed by atoms with van der Waals surface area (Å²) in [4.78, 5) is 16.4. The predicted molar refractivity (Wildman–Crippen MR) is 117 cm³/mol. The Morgan fingerprint density at radius 2 is 1.93 bits per heavy atom. The number of likely N-dealkylation sites (tertiary alicyclic amines) is 1. The Balaban J connectivity index is 1.46. The van der Waals surface area contributed by atoms with E-state index in [0.29, 0.717) is 6.54 Å². The first-order valence-corrected chi connectivity index (χ1v) is 10.9. The molecule has 4 rings (SSSR count). The molecule has 1 aromatic heterocycles. The van der Waals surface area contributed by atoms with Crippen molar-refractivity contribution in [3.63, 3.8) is 0 Å². The first-order chi connectivity index (χ1) is 14.2. The maximum absolute atomic E-state index is 13.0. The van der Waals surface area contributed by atoms with Gasteiger partial charge in [0.1, 0.15) is 5.75 Å². The van der Waals surface area contributed by atoms with Crippen molar-refractivity contribution in [1.82, 2.24) is 10.2 Å². The zero-order chi connectivity index (χ0) is 20.1. The van der Waals surface area contributed by atoms with Crippen LogP contribution in [0, 0.1) is 0 Å². The number of rotatable bonds is 7. The van der Waals surface area contributed by atoms with Crippen LogP contribution in [0.2, 0.25) is 0 Å². The predicted octanol–water partition coefficient (Wildman–Crippen LogP) is 4.80. The summed E-state index contributed by atoms with van der Waals surface area (Å²) in [7, 11) is 1.68. The number of hydrogen-bond acceptors (Lipinski definition) is 4. The number of nitrogens with one attached hydrogen (secondary N) is 1. The van der Waals surface area contributed by atoms with Crippen molar-refractivity contribution in [1.29, 1.82) is 0 Å². The Morgan fingerprint density at radius 1 is 1.14 bits per heavy atom. The topological polar surface area (TPSA) is 41.6 Å². The number of benzene rings is 2. The highest BCUT2D eigenvalue weighted by Gasteiger charge is 2.28. The molecule has 4 nitrogen and oxygen atoms in total. The minimum atomic E-state index is -0.106. The Morgan fingerprint density at radius 3 is 2.62 bits per heavy atom. The molecule has 2 unspecified atom stereocenters. The van der Waals surface area contributed by atoms with Crippen LogP contribution in [0.3, 0.4) is 0 Å². The lowest BCUT2D eigenvalue weighted by molar-refractivity contribution is -0.123. The molecular formula is C24H26N2O2S. The standard InChI is InChI=1S/C24H26N2O2S/c1-28-20-13-11-18(12-14-20)21-9-5-15-26(21)17-23(27)25-24(22-10-6-16-29-22)19-7-3-2-4-8-19/h2-4,6-8,10-14,16,21,24H,5,9,15,17H2,1H3,(H,25,27). The lowest BCUT2D eigenvalue weighted by Gasteiger charge is -2.26. The van der Waals surface area contributed by atoms with E-state index in [1.54, 1.807) is 18.4 Å². The SMILES string of the molecule is COc1ccc(C2CCCN2CC(=O)NC(c2ccccc2)c2cccs2)cc1. The van der Waals surface area contributed by atoms with Gasteiger partial charge in [-0.05, 0) is 54.1 Å². The zero-order valence-corrected chi connectivity index (χ0v) is 17.4. The molecule has 0 spiro atoms. The minimum Gasteiger partial charge on any atom is -0.497 e. The molecule has 2 atom stereocenters. The molecule has 150 valence electrons. The number of carbonyl (C=O) groups excluding carboxylic acids is 1. The van der Waals surface area contributed by atoms with Crippen LogP contribution in [-0.2, 0) is 4.79 Å². The molecule has 0 bridgehead atoms. The van der Waals surface area contributed by atoms with E-state index >= 15 is 0 Å². The van der Waals surface area contributed by atoms with Crippen molar-refractivity contribution in [3.05, 3.63) is 88.1 Å². The highest BCUT2D eigenvalue weighted by molar-refractivity contribution is 7.10.